The van der Waals surface area contributed by atoms with Crippen LogP contribution >= 0.6 is 0 Å². The molecule has 126 valence electrons. The van der Waals surface area contributed by atoms with Gasteiger partial charge in [0.2, 0.25) is 0 Å². The van der Waals surface area contributed by atoms with Gasteiger partial charge in [0, 0.05) is 5.41 Å². The van der Waals surface area contributed by atoms with E-state index in [4.69, 9.17) is 6.42 Å². The van der Waals surface area contributed by atoms with E-state index in [1.54, 1.807) is 0 Å². The fourth-order valence-electron chi connectivity index (χ4n) is 6.46. The van der Waals surface area contributed by atoms with E-state index in [-0.39, 0.29) is 23.5 Å². The van der Waals surface area contributed by atoms with Crippen LogP contribution in [0, 0.1) is 35.5 Å². The second kappa shape index (κ2) is 5.09. The summed E-state index contributed by atoms with van der Waals surface area (Å²) in [6, 6.07) is 0. The van der Waals surface area contributed by atoms with Gasteiger partial charge in [0.1, 0.15) is 5.60 Å². The Morgan fingerprint density at radius 1 is 1.13 bits per heavy atom. The van der Waals surface area contributed by atoms with Gasteiger partial charge in [0.05, 0.1) is 12.2 Å². The minimum absolute atomic E-state index is 0.227. The molecule has 7 atom stereocenters. The predicted octanol–water partition coefficient (Wildman–Crippen LogP) is 2.40. The highest BCUT2D eigenvalue weighted by atomic mass is 16.3. The standard InChI is InChI=1S/C20H28O3/c1-3-20(23)9-7-16-18-15(6-8-19(16,20)2)14-5-4-13(21)10-12(14)11-17(18)22/h1,13,15-18,21-23H,4-11H2,2H3/t13-,15-,16+,17-,18-,19+,20-/m1/s1. The van der Waals surface area contributed by atoms with Crippen molar-refractivity contribution in [3.8, 4) is 12.3 Å². The van der Waals surface area contributed by atoms with Crippen LogP contribution in [-0.4, -0.2) is 33.1 Å². The van der Waals surface area contributed by atoms with E-state index in [1.165, 1.54) is 11.1 Å². The SMILES string of the molecule is C#C[C@@]1(O)CC[C@H]2[C@@H]3[C@H](O)CC4=C(CC[C@@H](O)C4)[C@H]3CC[C@@]21C. The third kappa shape index (κ3) is 2.02. The summed E-state index contributed by atoms with van der Waals surface area (Å²) >= 11 is 0. The first-order valence-corrected chi connectivity index (χ1v) is 9.17. The van der Waals surface area contributed by atoms with Crippen LogP contribution in [-0.2, 0) is 0 Å². The minimum Gasteiger partial charge on any atom is -0.393 e. The van der Waals surface area contributed by atoms with Gasteiger partial charge in [-0.25, -0.2) is 0 Å². The van der Waals surface area contributed by atoms with Gasteiger partial charge < -0.3 is 15.3 Å². The lowest BCUT2D eigenvalue weighted by Crippen LogP contribution is -2.54. The molecule has 0 aromatic heterocycles. The van der Waals surface area contributed by atoms with Crippen LogP contribution in [0.15, 0.2) is 11.1 Å². The molecule has 0 heterocycles. The molecule has 0 unspecified atom stereocenters. The monoisotopic (exact) mass is 316 g/mol. The Kier molecular flexibility index (Phi) is 3.47. The molecule has 0 bridgehead atoms. The van der Waals surface area contributed by atoms with Gasteiger partial charge in [-0.15, -0.1) is 6.42 Å². The molecule has 3 nitrogen and oxygen atoms in total. The lowest BCUT2D eigenvalue weighted by atomic mass is 9.51. The van der Waals surface area contributed by atoms with Gasteiger partial charge >= 0.3 is 0 Å². The van der Waals surface area contributed by atoms with Gasteiger partial charge in [-0.05, 0) is 69.1 Å². The van der Waals surface area contributed by atoms with E-state index in [1.807, 2.05) is 0 Å². The molecule has 0 spiro atoms. The number of aliphatic hydroxyl groups is 3. The van der Waals surface area contributed by atoms with Crippen molar-refractivity contribution in [3.63, 3.8) is 0 Å². The Morgan fingerprint density at radius 3 is 2.65 bits per heavy atom. The average Bonchev–Trinajstić information content (AvgIpc) is 2.79. The maximum absolute atomic E-state index is 10.9. The smallest absolute Gasteiger partial charge is 0.130 e. The van der Waals surface area contributed by atoms with Crippen molar-refractivity contribution < 1.29 is 15.3 Å². The van der Waals surface area contributed by atoms with Crippen molar-refractivity contribution in [1.82, 2.24) is 0 Å². The second-order valence-corrected chi connectivity index (χ2v) is 8.59. The molecule has 4 rings (SSSR count). The van der Waals surface area contributed by atoms with Crippen LogP contribution in [0.5, 0.6) is 0 Å². The Morgan fingerprint density at radius 2 is 1.91 bits per heavy atom. The largest absolute Gasteiger partial charge is 0.393 e. The molecule has 0 amide bonds. The van der Waals surface area contributed by atoms with Gasteiger partial charge in [-0.2, -0.15) is 0 Å². The summed E-state index contributed by atoms with van der Waals surface area (Å²) < 4.78 is 0. The lowest BCUT2D eigenvalue weighted by molar-refractivity contribution is -0.0992. The molecule has 0 aliphatic heterocycles. The number of fused-ring (bicyclic) bond motifs is 4. The summed E-state index contributed by atoms with van der Waals surface area (Å²) in [7, 11) is 0. The van der Waals surface area contributed by atoms with Gasteiger partial charge in [-0.1, -0.05) is 24.0 Å². The van der Waals surface area contributed by atoms with Crippen molar-refractivity contribution in [2.24, 2.45) is 23.2 Å². The highest BCUT2D eigenvalue weighted by molar-refractivity contribution is 5.31. The van der Waals surface area contributed by atoms with E-state index in [9.17, 15) is 15.3 Å². The number of allylic oxidation sites excluding steroid dienone is 1. The first-order valence-electron chi connectivity index (χ1n) is 9.17. The highest BCUT2D eigenvalue weighted by Crippen LogP contribution is 2.64. The third-order valence-corrected chi connectivity index (χ3v) is 7.75. The van der Waals surface area contributed by atoms with Gasteiger partial charge in [-0.3, -0.25) is 0 Å². The average molecular weight is 316 g/mol. The maximum atomic E-state index is 10.9. The summed E-state index contributed by atoms with van der Waals surface area (Å²) in [4.78, 5) is 0. The van der Waals surface area contributed by atoms with E-state index in [0.29, 0.717) is 24.7 Å². The van der Waals surface area contributed by atoms with E-state index >= 15 is 0 Å². The van der Waals surface area contributed by atoms with Crippen LogP contribution in [0.4, 0.5) is 0 Å². The molecule has 4 aliphatic carbocycles. The first-order chi connectivity index (χ1) is 10.9. The van der Waals surface area contributed by atoms with Crippen LogP contribution < -0.4 is 0 Å². The molecule has 3 heteroatoms. The lowest BCUT2D eigenvalue weighted by Gasteiger charge is -2.54. The highest BCUT2D eigenvalue weighted by Gasteiger charge is 2.62. The fraction of sp³-hybridized carbons (Fsp3) is 0.800. The van der Waals surface area contributed by atoms with Crippen molar-refractivity contribution in [2.75, 3.05) is 0 Å². The van der Waals surface area contributed by atoms with Crippen LogP contribution in [0.2, 0.25) is 0 Å². The zero-order chi connectivity index (χ0) is 16.4. The molecule has 3 N–H and O–H groups in total. The molecule has 0 aromatic carbocycles. The molecule has 0 saturated heterocycles. The molecular weight excluding hydrogens is 288 g/mol. The molecule has 2 fully saturated rings. The van der Waals surface area contributed by atoms with Crippen LogP contribution in [0.1, 0.15) is 58.3 Å². The molecular formula is C20H28O3. The van der Waals surface area contributed by atoms with Crippen molar-refractivity contribution in [2.45, 2.75) is 76.1 Å². The Hall–Kier alpha value is -0.820. The number of terminal acetylenes is 1. The zero-order valence-electron chi connectivity index (χ0n) is 14.0. The van der Waals surface area contributed by atoms with Crippen LogP contribution in [0.3, 0.4) is 0 Å². The van der Waals surface area contributed by atoms with Crippen molar-refractivity contribution >= 4 is 0 Å². The van der Waals surface area contributed by atoms with E-state index < -0.39 is 5.60 Å². The normalized spacial score (nSPS) is 52.4. The molecule has 0 aromatic rings. The maximum Gasteiger partial charge on any atom is 0.130 e. The van der Waals surface area contributed by atoms with Gasteiger partial charge in [0.25, 0.3) is 0 Å². The summed E-state index contributed by atoms with van der Waals surface area (Å²) in [5.74, 6) is 3.64. The zero-order valence-corrected chi connectivity index (χ0v) is 14.0. The summed E-state index contributed by atoms with van der Waals surface area (Å²) in [6.07, 6.45) is 11.9. The number of aliphatic hydroxyl groups excluding tert-OH is 2. The summed E-state index contributed by atoms with van der Waals surface area (Å²) in [5, 5.41) is 31.8. The minimum atomic E-state index is -1.01. The predicted molar refractivity (Wildman–Crippen MR) is 88.3 cm³/mol. The van der Waals surface area contributed by atoms with Crippen molar-refractivity contribution in [1.29, 1.82) is 0 Å². The van der Waals surface area contributed by atoms with Crippen molar-refractivity contribution in [3.05, 3.63) is 11.1 Å². The summed E-state index contributed by atoms with van der Waals surface area (Å²) in [6.45, 7) is 2.14. The Balaban J connectivity index is 1.70. The molecule has 0 radical (unpaired) electrons. The van der Waals surface area contributed by atoms with E-state index in [2.05, 4.69) is 12.8 Å². The van der Waals surface area contributed by atoms with Crippen LogP contribution in [0.25, 0.3) is 0 Å². The third-order valence-electron chi connectivity index (χ3n) is 7.75. The topological polar surface area (TPSA) is 60.7 Å². The molecule has 23 heavy (non-hydrogen) atoms. The van der Waals surface area contributed by atoms with E-state index in [0.717, 1.165) is 38.5 Å². The Labute approximate surface area is 138 Å². The number of rotatable bonds is 0. The molecule has 2 saturated carbocycles. The second-order valence-electron chi connectivity index (χ2n) is 8.59. The van der Waals surface area contributed by atoms with Gasteiger partial charge in [0.15, 0.2) is 0 Å². The Bertz CT molecular complexity index is 588. The molecule has 4 aliphatic rings. The number of hydrogen-bond acceptors (Lipinski definition) is 3. The fourth-order valence-corrected chi connectivity index (χ4v) is 6.46. The quantitative estimate of drug-likeness (QED) is 0.475. The first kappa shape index (κ1) is 15.7. The number of hydrogen-bond donors (Lipinski definition) is 3. The summed E-state index contributed by atoms with van der Waals surface area (Å²) in [5.41, 5.74) is 1.55.